The molecule has 2 aromatic carbocycles. The van der Waals surface area contributed by atoms with E-state index in [4.69, 9.17) is 9.47 Å². The Bertz CT molecular complexity index is 1110. The summed E-state index contributed by atoms with van der Waals surface area (Å²) in [7, 11) is 0. The number of anilines is 1. The molecule has 2 heterocycles. The fourth-order valence-electron chi connectivity index (χ4n) is 4.19. The van der Waals surface area contributed by atoms with Crippen molar-refractivity contribution >= 4 is 32.7 Å². The first kappa shape index (κ1) is 24.3. The number of hydrogen-bond donors (Lipinski definition) is 2. The van der Waals surface area contributed by atoms with Crippen LogP contribution in [0.25, 0.3) is 10.2 Å². The molecule has 1 fully saturated rings. The maximum absolute atomic E-state index is 11.2. The number of aromatic nitrogens is 1. The lowest BCUT2D eigenvalue weighted by molar-refractivity contribution is 0.0697. The third-order valence-corrected chi connectivity index (χ3v) is 6.59. The van der Waals surface area contributed by atoms with Gasteiger partial charge >= 0.3 is 5.97 Å². The van der Waals surface area contributed by atoms with Gasteiger partial charge in [-0.15, -0.1) is 0 Å². The molecular formula is C26H33N3O4S. The van der Waals surface area contributed by atoms with Gasteiger partial charge in [-0.1, -0.05) is 11.3 Å². The number of carboxylic acid groups (broad SMARTS) is 1. The first-order valence-corrected chi connectivity index (χ1v) is 12.7. The van der Waals surface area contributed by atoms with Gasteiger partial charge in [0.25, 0.3) is 0 Å². The minimum Gasteiger partial charge on any atom is -0.491 e. The summed E-state index contributed by atoms with van der Waals surface area (Å²) in [4.78, 5) is 18.3. The molecule has 34 heavy (non-hydrogen) atoms. The third kappa shape index (κ3) is 6.39. The van der Waals surface area contributed by atoms with Gasteiger partial charge in [-0.2, -0.15) is 0 Å². The first-order valence-electron chi connectivity index (χ1n) is 11.8. The van der Waals surface area contributed by atoms with E-state index in [9.17, 15) is 9.90 Å². The molecule has 1 aromatic heterocycles. The average molecular weight is 484 g/mol. The van der Waals surface area contributed by atoms with Crippen molar-refractivity contribution in [3.63, 3.8) is 0 Å². The molecule has 182 valence electrons. The number of benzene rings is 2. The Morgan fingerprint density at radius 1 is 1.09 bits per heavy atom. The van der Waals surface area contributed by atoms with Crippen molar-refractivity contribution in [2.45, 2.75) is 65.3 Å². The van der Waals surface area contributed by atoms with Crippen LogP contribution in [-0.4, -0.2) is 52.3 Å². The zero-order chi connectivity index (χ0) is 24.2. The second-order valence-corrected chi connectivity index (χ2v) is 10.4. The van der Waals surface area contributed by atoms with Gasteiger partial charge in [0.2, 0.25) is 0 Å². The highest BCUT2D eigenvalue weighted by Crippen LogP contribution is 2.30. The van der Waals surface area contributed by atoms with E-state index in [2.05, 4.69) is 27.3 Å². The van der Waals surface area contributed by atoms with E-state index in [1.54, 1.807) is 18.2 Å². The Hall–Kier alpha value is -2.84. The van der Waals surface area contributed by atoms with E-state index in [-0.39, 0.29) is 12.2 Å². The first-order chi connectivity index (χ1) is 16.2. The number of hydrogen-bond acceptors (Lipinski definition) is 7. The quantitative estimate of drug-likeness (QED) is 0.407. The molecule has 8 heteroatoms. The number of aromatic carboxylic acids is 1. The Balaban J connectivity index is 1.35. The summed E-state index contributed by atoms with van der Waals surface area (Å²) in [6.45, 7) is 11.0. The maximum Gasteiger partial charge on any atom is 0.335 e. The predicted molar refractivity (Wildman–Crippen MR) is 136 cm³/mol. The monoisotopic (exact) mass is 483 g/mol. The zero-order valence-corrected chi connectivity index (χ0v) is 21.0. The normalized spacial score (nSPS) is 15.2. The van der Waals surface area contributed by atoms with Crippen molar-refractivity contribution in [1.82, 2.24) is 9.88 Å². The van der Waals surface area contributed by atoms with Crippen molar-refractivity contribution in [3.05, 3.63) is 47.5 Å². The fourth-order valence-corrected chi connectivity index (χ4v) is 5.17. The van der Waals surface area contributed by atoms with Crippen LogP contribution < -0.4 is 14.8 Å². The summed E-state index contributed by atoms with van der Waals surface area (Å²) in [6, 6.07) is 11.6. The van der Waals surface area contributed by atoms with Gasteiger partial charge in [0.15, 0.2) is 5.13 Å². The molecule has 7 nitrogen and oxygen atoms in total. The largest absolute Gasteiger partial charge is 0.491 e. The fraction of sp³-hybridized carbons (Fsp3) is 0.462. The van der Waals surface area contributed by atoms with Crippen LogP contribution in [-0.2, 0) is 6.54 Å². The van der Waals surface area contributed by atoms with Crippen molar-refractivity contribution in [2.24, 2.45) is 0 Å². The third-order valence-electron chi connectivity index (χ3n) is 5.64. The van der Waals surface area contributed by atoms with E-state index in [1.807, 2.05) is 33.8 Å². The van der Waals surface area contributed by atoms with E-state index in [0.717, 1.165) is 59.3 Å². The number of piperidine rings is 1. The molecule has 1 aliphatic heterocycles. The molecule has 4 rings (SSSR count). The summed E-state index contributed by atoms with van der Waals surface area (Å²) in [5.41, 5.74) is 2.32. The standard InChI is InChI=1S/C26H33N3O4S/c1-16(2)32-21-11-18(12-22(14-21)33-17(3)4)15-29-9-7-20(8-10-29)27-26-28-23-6-5-19(25(30)31)13-24(23)34-26/h5-6,11-14,16-17,20H,7-10,15H2,1-4H3,(H,27,28)(H,30,31). The topological polar surface area (TPSA) is 83.9 Å². The molecular weight excluding hydrogens is 450 g/mol. The van der Waals surface area contributed by atoms with Crippen LogP contribution in [0.3, 0.4) is 0 Å². The molecule has 0 unspecified atom stereocenters. The summed E-state index contributed by atoms with van der Waals surface area (Å²) < 4.78 is 12.8. The van der Waals surface area contributed by atoms with E-state index < -0.39 is 5.97 Å². The van der Waals surface area contributed by atoms with Crippen LogP contribution >= 0.6 is 11.3 Å². The SMILES string of the molecule is CC(C)Oc1cc(CN2CCC(Nc3nc4ccc(C(=O)O)cc4s3)CC2)cc(OC(C)C)c1. The maximum atomic E-state index is 11.2. The second-order valence-electron chi connectivity index (χ2n) is 9.35. The highest BCUT2D eigenvalue weighted by molar-refractivity contribution is 7.22. The van der Waals surface area contributed by atoms with Gasteiger partial charge in [0.1, 0.15) is 11.5 Å². The van der Waals surface area contributed by atoms with Crippen molar-refractivity contribution in [1.29, 1.82) is 0 Å². The Morgan fingerprint density at radius 3 is 2.32 bits per heavy atom. The Morgan fingerprint density at radius 2 is 1.74 bits per heavy atom. The van der Waals surface area contributed by atoms with Gasteiger partial charge in [0, 0.05) is 31.7 Å². The van der Waals surface area contributed by atoms with Crippen LogP contribution in [0.5, 0.6) is 11.5 Å². The zero-order valence-electron chi connectivity index (χ0n) is 20.2. The van der Waals surface area contributed by atoms with Gasteiger partial charge in [-0.3, -0.25) is 4.90 Å². The van der Waals surface area contributed by atoms with Crippen molar-refractivity contribution in [3.8, 4) is 11.5 Å². The molecule has 0 radical (unpaired) electrons. The summed E-state index contributed by atoms with van der Waals surface area (Å²) in [5, 5.41) is 13.6. The van der Waals surface area contributed by atoms with Gasteiger partial charge < -0.3 is 19.9 Å². The minimum atomic E-state index is -0.915. The highest BCUT2D eigenvalue weighted by atomic mass is 32.1. The number of nitrogens with one attached hydrogen (secondary N) is 1. The smallest absolute Gasteiger partial charge is 0.335 e. The van der Waals surface area contributed by atoms with Crippen LogP contribution in [0.15, 0.2) is 36.4 Å². The number of rotatable bonds is 9. The average Bonchev–Trinajstić information content (AvgIpc) is 3.15. The summed E-state index contributed by atoms with van der Waals surface area (Å²) >= 11 is 1.51. The lowest BCUT2D eigenvalue weighted by atomic mass is 10.0. The molecule has 0 spiro atoms. The molecule has 1 aliphatic rings. The van der Waals surface area contributed by atoms with Gasteiger partial charge in [0.05, 0.1) is 28.0 Å². The lowest BCUT2D eigenvalue weighted by Gasteiger charge is -2.32. The summed E-state index contributed by atoms with van der Waals surface area (Å²) in [6.07, 6.45) is 2.27. The molecule has 0 atom stereocenters. The van der Waals surface area contributed by atoms with Gasteiger partial charge in [-0.25, -0.2) is 9.78 Å². The number of fused-ring (bicyclic) bond motifs is 1. The molecule has 0 amide bonds. The molecule has 2 N–H and O–H groups in total. The van der Waals surface area contributed by atoms with E-state index in [1.165, 1.54) is 16.9 Å². The predicted octanol–water partition coefficient (Wildman–Crippen LogP) is 5.65. The van der Waals surface area contributed by atoms with E-state index in [0.29, 0.717) is 11.6 Å². The number of likely N-dealkylation sites (tertiary alicyclic amines) is 1. The van der Waals surface area contributed by atoms with Crippen molar-refractivity contribution in [2.75, 3.05) is 18.4 Å². The minimum absolute atomic E-state index is 0.113. The number of thiazole rings is 1. The highest BCUT2D eigenvalue weighted by Gasteiger charge is 2.21. The van der Waals surface area contributed by atoms with Crippen LogP contribution in [0.1, 0.15) is 56.5 Å². The molecule has 0 saturated carbocycles. The number of carboxylic acids is 1. The van der Waals surface area contributed by atoms with Gasteiger partial charge in [-0.05, 0) is 76.4 Å². The van der Waals surface area contributed by atoms with Crippen molar-refractivity contribution < 1.29 is 19.4 Å². The number of ether oxygens (including phenoxy) is 2. The lowest BCUT2D eigenvalue weighted by Crippen LogP contribution is -2.38. The van der Waals surface area contributed by atoms with E-state index >= 15 is 0 Å². The van der Waals surface area contributed by atoms with Crippen LogP contribution in [0.2, 0.25) is 0 Å². The molecule has 0 bridgehead atoms. The molecule has 0 aliphatic carbocycles. The number of carbonyl (C=O) groups is 1. The second kappa shape index (κ2) is 10.6. The Kier molecular flexibility index (Phi) is 7.58. The molecule has 3 aromatic rings. The molecule has 1 saturated heterocycles. The number of nitrogens with zero attached hydrogens (tertiary/aromatic N) is 2. The summed E-state index contributed by atoms with van der Waals surface area (Å²) in [5.74, 6) is 0.782. The van der Waals surface area contributed by atoms with Crippen LogP contribution in [0, 0.1) is 0 Å². The van der Waals surface area contributed by atoms with Crippen LogP contribution in [0.4, 0.5) is 5.13 Å². The Labute approximate surface area is 204 Å².